The molecule has 1 aliphatic heterocycles. The van der Waals surface area contributed by atoms with Gasteiger partial charge >= 0.3 is 11.6 Å². The monoisotopic (exact) mass is 355 g/mol. The molecule has 7 nitrogen and oxygen atoms in total. The van der Waals surface area contributed by atoms with Crippen molar-refractivity contribution in [3.63, 3.8) is 0 Å². The summed E-state index contributed by atoms with van der Waals surface area (Å²) >= 11 is 0. The number of hydrogen-bond donors (Lipinski definition) is 2. The Hall–Kier alpha value is -0.720. The largest absolute Gasteiger partial charge is 0.384 e. The van der Waals surface area contributed by atoms with Crippen molar-refractivity contribution in [3.8, 4) is 0 Å². The van der Waals surface area contributed by atoms with Crippen molar-refractivity contribution >= 4 is 23.4 Å². The van der Waals surface area contributed by atoms with Crippen LogP contribution in [0.5, 0.6) is 0 Å². The zero-order valence-corrected chi connectivity index (χ0v) is 13.9. The van der Waals surface area contributed by atoms with Gasteiger partial charge in [0.25, 0.3) is 0 Å². The fourth-order valence-corrected chi connectivity index (χ4v) is 2.79. The third-order valence-electron chi connectivity index (χ3n) is 3.11. The lowest BCUT2D eigenvalue weighted by atomic mass is 10.1. The van der Waals surface area contributed by atoms with Crippen LogP contribution < -0.4 is 10.8 Å². The van der Waals surface area contributed by atoms with Gasteiger partial charge in [-0.25, -0.2) is 4.79 Å². The highest BCUT2D eigenvalue weighted by molar-refractivity contribution is 7.38. The van der Waals surface area contributed by atoms with E-state index in [-0.39, 0.29) is 15.4 Å². The van der Waals surface area contributed by atoms with Crippen LogP contribution in [0, 0.1) is 0 Å². The standard InChI is InChI=1S/C11H17F2N3O4P2/c1-21-15-7-3-4-16(10(18)14-7)9-11(12,13)8(17)6(20-9)5-19-22-2/h3-4,6,8-9,17,21-22H,5H2,1-2H3,(H,14,15,18). The highest BCUT2D eigenvalue weighted by Crippen LogP contribution is 2.42. The minimum atomic E-state index is -3.61. The summed E-state index contributed by atoms with van der Waals surface area (Å²) in [4.78, 5) is 15.6. The topological polar surface area (TPSA) is 85.6 Å². The number of nitrogens with zero attached hydrogens (tertiary/aromatic N) is 2. The Balaban J connectivity index is 2.26. The number of aliphatic hydroxyl groups is 1. The van der Waals surface area contributed by atoms with E-state index in [0.29, 0.717) is 19.1 Å². The van der Waals surface area contributed by atoms with Crippen LogP contribution in [0.25, 0.3) is 0 Å². The average Bonchev–Trinajstić information content (AvgIpc) is 2.69. The SMILES string of the molecule is CPNc1ccn(C2OC(COPC)C(O)C2(F)F)c(=O)n1. The molecule has 5 unspecified atom stereocenters. The first kappa shape index (κ1) is 17.6. The number of hydrogen-bond acceptors (Lipinski definition) is 6. The molecule has 0 saturated carbocycles. The van der Waals surface area contributed by atoms with E-state index in [1.165, 1.54) is 12.3 Å². The molecule has 1 aromatic heterocycles. The summed E-state index contributed by atoms with van der Waals surface area (Å²) < 4.78 is 39.2. The molecule has 0 bridgehead atoms. The van der Waals surface area contributed by atoms with Crippen LogP contribution in [0.2, 0.25) is 0 Å². The molecule has 124 valence electrons. The quantitative estimate of drug-likeness (QED) is 0.741. The third kappa shape index (κ3) is 3.44. The van der Waals surface area contributed by atoms with E-state index < -0.39 is 30.0 Å². The highest BCUT2D eigenvalue weighted by Gasteiger charge is 2.59. The van der Waals surface area contributed by atoms with Crippen molar-refractivity contribution in [3.05, 3.63) is 22.7 Å². The molecule has 0 spiro atoms. The van der Waals surface area contributed by atoms with Crippen molar-refractivity contribution in [2.45, 2.75) is 24.4 Å². The Morgan fingerprint density at radius 3 is 2.91 bits per heavy atom. The normalized spacial score (nSPS) is 28.1. The molecular weight excluding hydrogens is 338 g/mol. The number of alkyl halides is 2. The van der Waals surface area contributed by atoms with Crippen molar-refractivity contribution in [1.29, 1.82) is 0 Å². The maximum absolute atomic E-state index is 14.2. The second kappa shape index (κ2) is 7.23. The Labute approximate surface area is 129 Å². The molecule has 1 aromatic rings. The molecule has 0 aliphatic carbocycles. The summed E-state index contributed by atoms with van der Waals surface area (Å²) in [6, 6.07) is 1.40. The summed E-state index contributed by atoms with van der Waals surface area (Å²) in [5.74, 6) is -3.31. The molecular formula is C11H17F2N3O4P2. The van der Waals surface area contributed by atoms with Crippen molar-refractivity contribution in [2.75, 3.05) is 25.0 Å². The summed E-state index contributed by atoms with van der Waals surface area (Å²) in [6.45, 7) is 3.41. The fourth-order valence-electron chi connectivity index (χ4n) is 2.06. The molecule has 5 atom stereocenters. The highest BCUT2D eigenvalue weighted by atomic mass is 31.1. The molecule has 2 heterocycles. The number of halogens is 2. The van der Waals surface area contributed by atoms with Crippen molar-refractivity contribution in [1.82, 2.24) is 9.55 Å². The molecule has 0 aromatic carbocycles. The predicted molar refractivity (Wildman–Crippen MR) is 81.4 cm³/mol. The van der Waals surface area contributed by atoms with Gasteiger partial charge in [0.2, 0.25) is 6.23 Å². The van der Waals surface area contributed by atoms with Gasteiger partial charge < -0.3 is 19.5 Å². The second-order valence-electron chi connectivity index (χ2n) is 4.54. The molecule has 22 heavy (non-hydrogen) atoms. The molecule has 1 saturated heterocycles. The van der Waals surface area contributed by atoms with Crippen LogP contribution in [0.4, 0.5) is 14.6 Å². The zero-order valence-electron chi connectivity index (χ0n) is 11.9. The first-order valence-electron chi connectivity index (χ1n) is 6.43. The Kier molecular flexibility index (Phi) is 5.80. The van der Waals surface area contributed by atoms with E-state index in [2.05, 4.69) is 10.1 Å². The Bertz CT molecular complexity index is 575. The molecule has 1 fully saturated rings. The van der Waals surface area contributed by atoms with Gasteiger partial charge in [-0.1, -0.05) is 0 Å². The molecule has 1 aliphatic rings. The lowest BCUT2D eigenvalue weighted by Crippen LogP contribution is -2.41. The van der Waals surface area contributed by atoms with Gasteiger partial charge in [-0.15, -0.1) is 0 Å². The second-order valence-corrected chi connectivity index (χ2v) is 5.99. The van der Waals surface area contributed by atoms with Gasteiger partial charge in [0.1, 0.15) is 11.9 Å². The number of anilines is 1. The van der Waals surface area contributed by atoms with Gasteiger partial charge in [-0.05, 0) is 28.1 Å². The smallest absolute Gasteiger partial charge is 0.351 e. The van der Waals surface area contributed by atoms with E-state index in [0.717, 1.165) is 0 Å². The summed E-state index contributed by atoms with van der Waals surface area (Å²) in [5.41, 5.74) is -0.876. The average molecular weight is 355 g/mol. The van der Waals surface area contributed by atoms with E-state index in [1.54, 1.807) is 6.66 Å². The van der Waals surface area contributed by atoms with E-state index >= 15 is 0 Å². The van der Waals surface area contributed by atoms with E-state index in [4.69, 9.17) is 9.26 Å². The maximum Gasteiger partial charge on any atom is 0.351 e. The molecule has 2 N–H and O–H groups in total. The maximum atomic E-state index is 14.2. The summed E-state index contributed by atoms with van der Waals surface area (Å²) in [7, 11) is 0.406. The fraction of sp³-hybridized carbons (Fsp3) is 0.636. The van der Waals surface area contributed by atoms with Crippen LogP contribution in [0.3, 0.4) is 0 Å². The molecule has 0 amide bonds. The lowest BCUT2D eigenvalue weighted by molar-refractivity contribution is -0.140. The van der Waals surface area contributed by atoms with Crippen LogP contribution in [0.1, 0.15) is 6.23 Å². The lowest BCUT2D eigenvalue weighted by Gasteiger charge is -2.21. The first-order valence-corrected chi connectivity index (χ1v) is 9.34. The number of aliphatic hydroxyl groups excluding tert-OH is 1. The summed E-state index contributed by atoms with van der Waals surface area (Å²) in [6.07, 6.45) is -3.98. The van der Waals surface area contributed by atoms with E-state index in [1.807, 2.05) is 6.66 Å². The van der Waals surface area contributed by atoms with Gasteiger partial charge in [-0.2, -0.15) is 13.8 Å². The predicted octanol–water partition coefficient (Wildman–Crippen LogP) is 1.01. The number of rotatable bonds is 6. The zero-order chi connectivity index (χ0) is 16.3. The minimum absolute atomic E-state index is 0.0861. The van der Waals surface area contributed by atoms with Gasteiger partial charge in [-0.3, -0.25) is 4.57 Å². The van der Waals surface area contributed by atoms with Crippen LogP contribution in [-0.2, 0) is 9.26 Å². The van der Waals surface area contributed by atoms with Gasteiger partial charge in [0.15, 0.2) is 6.10 Å². The number of aromatic nitrogens is 2. The van der Waals surface area contributed by atoms with Crippen molar-refractivity contribution in [2.24, 2.45) is 0 Å². The Morgan fingerprint density at radius 1 is 1.59 bits per heavy atom. The number of nitrogens with one attached hydrogen (secondary N) is 1. The first-order chi connectivity index (χ1) is 10.4. The molecule has 0 radical (unpaired) electrons. The molecule has 11 heteroatoms. The van der Waals surface area contributed by atoms with Crippen molar-refractivity contribution < 1.29 is 23.1 Å². The van der Waals surface area contributed by atoms with Crippen LogP contribution in [-0.4, -0.2) is 52.7 Å². The van der Waals surface area contributed by atoms with E-state index in [9.17, 15) is 18.7 Å². The van der Waals surface area contributed by atoms with Gasteiger partial charge in [0, 0.05) is 15.0 Å². The third-order valence-corrected chi connectivity index (χ3v) is 4.07. The molecule has 2 rings (SSSR count). The van der Waals surface area contributed by atoms with Crippen LogP contribution >= 0.6 is 17.5 Å². The Morgan fingerprint density at radius 2 is 2.32 bits per heavy atom. The number of ether oxygens (including phenoxy) is 1. The minimum Gasteiger partial charge on any atom is -0.384 e. The van der Waals surface area contributed by atoms with Crippen LogP contribution in [0.15, 0.2) is 17.1 Å². The summed E-state index contributed by atoms with van der Waals surface area (Å²) in [5, 5.41) is 12.5. The van der Waals surface area contributed by atoms with Gasteiger partial charge in [0.05, 0.1) is 6.61 Å².